The molecule has 4 rings (SSSR count). The molecule has 2 aliphatic heterocycles. The Balaban J connectivity index is 1.76. The van der Waals surface area contributed by atoms with Crippen LogP contribution in [0.3, 0.4) is 0 Å². The molecule has 2 saturated heterocycles. The number of rotatable bonds is 2. The van der Waals surface area contributed by atoms with E-state index in [2.05, 4.69) is 10.3 Å². The fraction of sp³-hybridized carbons (Fsp3) is 0.400. The van der Waals surface area contributed by atoms with Crippen molar-refractivity contribution in [3.8, 4) is 5.69 Å². The highest BCUT2D eigenvalue weighted by molar-refractivity contribution is 5.95. The normalized spacial score (nSPS) is 19.0. The lowest BCUT2D eigenvalue weighted by molar-refractivity contribution is -0.172. The zero-order valence-corrected chi connectivity index (χ0v) is 12.5. The van der Waals surface area contributed by atoms with Crippen LogP contribution in [0.1, 0.15) is 22.6 Å². The molecule has 3 heterocycles. The fourth-order valence-electron chi connectivity index (χ4n) is 3.05. The molecule has 24 heavy (non-hydrogen) atoms. The number of carbonyl (C=O) groups excluding carboxylic acids is 1. The third-order valence-electron chi connectivity index (χ3n) is 4.50. The second kappa shape index (κ2) is 5.04. The number of ether oxygens (including phenoxy) is 1. The van der Waals surface area contributed by atoms with Crippen molar-refractivity contribution >= 4 is 5.91 Å². The van der Waals surface area contributed by atoms with E-state index in [1.54, 1.807) is 18.2 Å². The Morgan fingerprint density at radius 3 is 2.42 bits per heavy atom. The maximum atomic E-state index is 13.6. The number of hydrogen-bond donors (Lipinski definition) is 0. The summed E-state index contributed by atoms with van der Waals surface area (Å²) in [6.07, 6.45) is -4.02. The highest BCUT2D eigenvalue weighted by Gasteiger charge is 2.55. The number of benzene rings is 1. The smallest absolute Gasteiger partial charge is 0.376 e. The fourth-order valence-corrected chi connectivity index (χ4v) is 3.05. The van der Waals surface area contributed by atoms with Gasteiger partial charge in [0.05, 0.1) is 24.4 Å². The molecular formula is C15H13F3N4O2. The molecule has 0 atom stereocenters. The van der Waals surface area contributed by atoms with Crippen molar-refractivity contribution in [1.82, 2.24) is 19.9 Å². The summed E-state index contributed by atoms with van der Waals surface area (Å²) in [5.74, 6) is -0.751. The second-order valence-electron chi connectivity index (χ2n) is 5.96. The van der Waals surface area contributed by atoms with Crippen LogP contribution < -0.4 is 0 Å². The first kappa shape index (κ1) is 15.1. The van der Waals surface area contributed by atoms with Crippen molar-refractivity contribution < 1.29 is 22.7 Å². The van der Waals surface area contributed by atoms with E-state index in [4.69, 9.17) is 4.74 Å². The summed E-state index contributed by atoms with van der Waals surface area (Å²) in [7, 11) is 0. The molecule has 2 fully saturated rings. The number of likely N-dealkylation sites (tertiary alicyclic amines) is 1. The minimum absolute atomic E-state index is 0.196. The van der Waals surface area contributed by atoms with Crippen molar-refractivity contribution in [2.75, 3.05) is 19.8 Å². The quantitative estimate of drug-likeness (QED) is 0.839. The summed E-state index contributed by atoms with van der Waals surface area (Å²) in [6, 6.07) is 7.82. The summed E-state index contributed by atoms with van der Waals surface area (Å²) in [5, 5.41) is 7.12. The monoisotopic (exact) mass is 338 g/mol. The molecule has 2 aromatic rings. The van der Waals surface area contributed by atoms with Crippen LogP contribution in [0, 0.1) is 0 Å². The number of carbonyl (C=O) groups is 1. The Labute approximate surface area is 134 Å². The molecule has 0 unspecified atom stereocenters. The number of nitrogens with zero attached hydrogens (tertiary/aromatic N) is 4. The number of alkyl halides is 3. The summed E-state index contributed by atoms with van der Waals surface area (Å²) in [5.41, 5.74) is -2.09. The first-order valence-corrected chi connectivity index (χ1v) is 7.40. The maximum absolute atomic E-state index is 13.6. The molecule has 0 N–H and O–H groups in total. The van der Waals surface area contributed by atoms with Gasteiger partial charge in [0, 0.05) is 6.54 Å². The number of halogens is 3. The molecule has 0 aliphatic carbocycles. The third-order valence-corrected chi connectivity index (χ3v) is 4.50. The SMILES string of the molecule is O=C(c1nnn(-c2ccccc2)c1C(F)(F)F)N1CCC12COC2. The average Bonchev–Trinajstić information content (AvgIpc) is 2.90. The molecule has 0 bridgehead atoms. The van der Waals surface area contributed by atoms with Gasteiger partial charge in [0.15, 0.2) is 11.4 Å². The molecule has 1 amide bonds. The van der Waals surface area contributed by atoms with E-state index in [0.717, 1.165) is 6.42 Å². The van der Waals surface area contributed by atoms with Crippen LogP contribution >= 0.6 is 0 Å². The largest absolute Gasteiger partial charge is 0.435 e. The third kappa shape index (κ3) is 2.11. The molecule has 2 aliphatic rings. The maximum Gasteiger partial charge on any atom is 0.435 e. The lowest BCUT2D eigenvalue weighted by Gasteiger charge is -2.57. The lowest BCUT2D eigenvalue weighted by atomic mass is 9.82. The van der Waals surface area contributed by atoms with E-state index in [1.807, 2.05) is 0 Å². The Morgan fingerprint density at radius 2 is 1.92 bits per heavy atom. The van der Waals surface area contributed by atoms with E-state index in [9.17, 15) is 18.0 Å². The van der Waals surface area contributed by atoms with Crippen LogP contribution in [0.2, 0.25) is 0 Å². The predicted octanol–water partition coefficient (Wildman–Crippen LogP) is 1.90. The zero-order chi connectivity index (χ0) is 16.9. The minimum Gasteiger partial charge on any atom is -0.376 e. The van der Waals surface area contributed by atoms with E-state index >= 15 is 0 Å². The molecule has 9 heteroatoms. The van der Waals surface area contributed by atoms with Crippen LogP contribution in [0.5, 0.6) is 0 Å². The van der Waals surface area contributed by atoms with E-state index < -0.39 is 29.0 Å². The van der Waals surface area contributed by atoms with Gasteiger partial charge >= 0.3 is 6.18 Å². The van der Waals surface area contributed by atoms with Crippen LogP contribution in [-0.4, -0.2) is 51.1 Å². The van der Waals surface area contributed by atoms with E-state index in [1.165, 1.54) is 17.0 Å². The first-order valence-electron chi connectivity index (χ1n) is 7.40. The van der Waals surface area contributed by atoms with Gasteiger partial charge in [0.2, 0.25) is 0 Å². The second-order valence-corrected chi connectivity index (χ2v) is 5.96. The standard InChI is InChI=1S/C15H13F3N4O2/c16-15(17,18)12-11(13(23)21-7-6-14(21)8-24-9-14)19-20-22(12)10-4-2-1-3-5-10/h1-5H,6-9H2. The number of aromatic nitrogens is 3. The Morgan fingerprint density at radius 1 is 1.21 bits per heavy atom. The minimum atomic E-state index is -4.75. The number of amides is 1. The molecule has 0 radical (unpaired) electrons. The predicted molar refractivity (Wildman–Crippen MR) is 75.6 cm³/mol. The van der Waals surface area contributed by atoms with Gasteiger partial charge in [-0.1, -0.05) is 23.4 Å². The highest BCUT2D eigenvalue weighted by Crippen LogP contribution is 2.40. The topological polar surface area (TPSA) is 60.2 Å². The van der Waals surface area contributed by atoms with Gasteiger partial charge in [-0.05, 0) is 18.6 Å². The zero-order valence-electron chi connectivity index (χ0n) is 12.5. The van der Waals surface area contributed by atoms with Crippen molar-refractivity contribution in [3.05, 3.63) is 41.7 Å². The van der Waals surface area contributed by atoms with Crippen molar-refractivity contribution in [1.29, 1.82) is 0 Å². The lowest BCUT2D eigenvalue weighted by Crippen LogP contribution is -2.72. The average molecular weight is 338 g/mol. The van der Waals surface area contributed by atoms with Crippen molar-refractivity contribution in [2.45, 2.75) is 18.1 Å². The summed E-state index contributed by atoms with van der Waals surface area (Å²) >= 11 is 0. The Kier molecular flexibility index (Phi) is 3.17. The van der Waals surface area contributed by atoms with Gasteiger partial charge < -0.3 is 9.64 Å². The summed E-state index contributed by atoms with van der Waals surface area (Å²) in [4.78, 5) is 14.0. The molecule has 6 nitrogen and oxygen atoms in total. The molecular weight excluding hydrogens is 325 g/mol. The van der Waals surface area contributed by atoms with Crippen molar-refractivity contribution in [2.24, 2.45) is 0 Å². The summed E-state index contributed by atoms with van der Waals surface area (Å²) in [6.45, 7) is 1.11. The van der Waals surface area contributed by atoms with Gasteiger partial charge in [-0.25, -0.2) is 4.68 Å². The van der Waals surface area contributed by atoms with E-state index in [0.29, 0.717) is 24.4 Å². The van der Waals surface area contributed by atoms with Gasteiger partial charge in [0.1, 0.15) is 0 Å². The molecule has 1 spiro atoms. The molecule has 1 aromatic heterocycles. The number of para-hydroxylation sites is 1. The molecule has 126 valence electrons. The van der Waals surface area contributed by atoms with Crippen LogP contribution in [0.4, 0.5) is 13.2 Å². The van der Waals surface area contributed by atoms with Crippen LogP contribution in [0.15, 0.2) is 30.3 Å². The number of hydrogen-bond acceptors (Lipinski definition) is 4. The van der Waals surface area contributed by atoms with Gasteiger partial charge in [-0.3, -0.25) is 4.79 Å². The van der Waals surface area contributed by atoms with Crippen molar-refractivity contribution in [3.63, 3.8) is 0 Å². The van der Waals surface area contributed by atoms with Crippen LogP contribution in [0.25, 0.3) is 5.69 Å². The first-order chi connectivity index (χ1) is 11.4. The van der Waals surface area contributed by atoms with E-state index in [-0.39, 0.29) is 5.69 Å². The molecule has 1 aromatic carbocycles. The molecule has 0 saturated carbocycles. The Bertz CT molecular complexity index is 778. The van der Waals surface area contributed by atoms with Gasteiger partial charge in [0.25, 0.3) is 5.91 Å². The van der Waals surface area contributed by atoms with Crippen LogP contribution in [-0.2, 0) is 10.9 Å². The summed E-state index contributed by atoms with van der Waals surface area (Å²) < 4.78 is 46.5. The highest BCUT2D eigenvalue weighted by atomic mass is 19.4. The Hall–Kier alpha value is -2.42. The van der Waals surface area contributed by atoms with Gasteiger partial charge in [-0.2, -0.15) is 13.2 Å². The van der Waals surface area contributed by atoms with Gasteiger partial charge in [-0.15, -0.1) is 5.10 Å².